The Kier molecular flexibility index (Phi) is 2.94. The van der Waals surface area contributed by atoms with Crippen molar-refractivity contribution in [3.8, 4) is 5.75 Å². The molecule has 3 nitrogen and oxygen atoms in total. The van der Waals surface area contributed by atoms with E-state index in [4.69, 9.17) is 15.2 Å². The van der Waals surface area contributed by atoms with E-state index < -0.39 is 0 Å². The molecule has 1 aromatic rings. The van der Waals surface area contributed by atoms with Gasteiger partial charge in [0.1, 0.15) is 11.9 Å². The van der Waals surface area contributed by atoms with Gasteiger partial charge in [-0.1, -0.05) is 6.07 Å². The highest BCUT2D eigenvalue weighted by Gasteiger charge is 2.43. The minimum Gasteiger partial charge on any atom is -0.490 e. The average Bonchev–Trinajstić information content (AvgIpc) is 2.32. The van der Waals surface area contributed by atoms with Gasteiger partial charge in [0.25, 0.3) is 0 Å². The van der Waals surface area contributed by atoms with E-state index in [9.17, 15) is 0 Å². The van der Waals surface area contributed by atoms with Crippen molar-refractivity contribution in [1.29, 1.82) is 0 Å². The second kappa shape index (κ2) is 4.47. The normalized spacial score (nSPS) is 25.7. The summed E-state index contributed by atoms with van der Waals surface area (Å²) in [5, 5.41) is 0. The highest BCUT2D eigenvalue weighted by molar-refractivity contribution is 5.50. The van der Waals surface area contributed by atoms with E-state index in [1.165, 1.54) is 19.3 Å². The molecule has 0 radical (unpaired) electrons. The molecule has 1 unspecified atom stereocenters. The topological polar surface area (TPSA) is 44.5 Å². The Balaban J connectivity index is 1.66. The summed E-state index contributed by atoms with van der Waals surface area (Å²) < 4.78 is 12.0. The number of anilines is 1. The summed E-state index contributed by atoms with van der Waals surface area (Å²) in [6.07, 6.45) is 5.98. The summed E-state index contributed by atoms with van der Waals surface area (Å²) in [7, 11) is 0. The van der Waals surface area contributed by atoms with Crippen molar-refractivity contribution in [1.82, 2.24) is 0 Å². The van der Waals surface area contributed by atoms with Crippen molar-refractivity contribution >= 4 is 5.69 Å². The molecule has 1 aliphatic carbocycles. The van der Waals surface area contributed by atoms with Crippen LogP contribution in [0.4, 0.5) is 5.69 Å². The van der Waals surface area contributed by atoms with Gasteiger partial charge in [-0.3, -0.25) is 0 Å². The number of nitrogen functional groups attached to an aromatic ring is 1. The van der Waals surface area contributed by atoms with Crippen molar-refractivity contribution in [2.45, 2.75) is 50.7 Å². The lowest BCUT2D eigenvalue weighted by molar-refractivity contribution is -0.153. The summed E-state index contributed by atoms with van der Waals surface area (Å²) >= 11 is 0. The molecular weight excluding hydrogens is 226 g/mol. The third-order valence-electron chi connectivity index (χ3n) is 4.27. The summed E-state index contributed by atoms with van der Waals surface area (Å²) in [6, 6.07) is 5.95. The lowest BCUT2D eigenvalue weighted by atomic mass is 9.74. The predicted molar refractivity (Wildman–Crippen MR) is 71.8 cm³/mol. The second-order valence-electron chi connectivity index (χ2n) is 5.64. The standard InChI is InChI=1S/C15H21NO2/c1-11-3-4-12(9-14(11)16)18-13-5-8-17-15(10-13)6-2-7-15/h3-4,9,13H,2,5-8,10,16H2,1H3. The van der Waals surface area contributed by atoms with Gasteiger partial charge in [-0.2, -0.15) is 0 Å². The quantitative estimate of drug-likeness (QED) is 0.817. The first kappa shape index (κ1) is 11.8. The minimum atomic E-state index is 0.138. The summed E-state index contributed by atoms with van der Waals surface area (Å²) in [4.78, 5) is 0. The monoisotopic (exact) mass is 247 g/mol. The molecule has 1 spiro atoms. The Labute approximate surface area is 108 Å². The van der Waals surface area contributed by atoms with Crippen LogP contribution >= 0.6 is 0 Å². The highest BCUT2D eigenvalue weighted by atomic mass is 16.5. The average molecular weight is 247 g/mol. The molecule has 1 heterocycles. The molecule has 2 aliphatic rings. The molecule has 1 aromatic carbocycles. The zero-order valence-electron chi connectivity index (χ0n) is 10.9. The van der Waals surface area contributed by atoms with Gasteiger partial charge in [0.15, 0.2) is 0 Å². The van der Waals surface area contributed by atoms with Crippen LogP contribution in [0.5, 0.6) is 5.75 Å². The van der Waals surface area contributed by atoms with Crippen LogP contribution < -0.4 is 10.5 Å². The molecule has 1 aliphatic heterocycles. The Morgan fingerprint density at radius 1 is 1.39 bits per heavy atom. The molecule has 1 atom stereocenters. The third-order valence-corrected chi connectivity index (χ3v) is 4.27. The Hall–Kier alpha value is -1.22. The fraction of sp³-hybridized carbons (Fsp3) is 0.600. The van der Waals surface area contributed by atoms with Crippen LogP contribution in [-0.4, -0.2) is 18.3 Å². The molecule has 3 heteroatoms. The SMILES string of the molecule is Cc1ccc(OC2CCOC3(CCC3)C2)cc1N. The Morgan fingerprint density at radius 2 is 2.22 bits per heavy atom. The first-order valence-electron chi connectivity index (χ1n) is 6.84. The number of hydrogen-bond acceptors (Lipinski definition) is 3. The number of hydrogen-bond donors (Lipinski definition) is 1. The molecule has 0 bridgehead atoms. The fourth-order valence-corrected chi connectivity index (χ4v) is 2.89. The maximum Gasteiger partial charge on any atom is 0.121 e. The van der Waals surface area contributed by atoms with Crippen LogP contribution in [0.15, 0.2) is 18.2 Å². The maximum atomic E-state index is 6.06. The van der Waals surface area contributed by atoms with E-state index in [2.05, 4.69) is 0 Å². The minimum absolute atomic E-state index is 0.138. The molecule has 1 saturated carbocycles. The largest absolute Gasteiger partial charge is 0.490 e. The smallest absolute Gasteiger partial charge is 0.121 e. The Morgan fingerprint density at radius 3 is 2.89 bits per heavy atom. The van der Waals surface area contributed by atoms with E-state index >= 15 is 0 Å². The lowest BCUT2D eigenvalue weighted by Crippen LogP contribution is -2.48. The Bertz CT molecular complexity index is 440. The van der Waals surface area contributed by atoms with Crippen molar-refractivity contribution < 1.29 is 9.47 Å². The molecule has 0 aromatic heterocycles. The lowest BCUT2D eigenvalue weighted by Gasteiger charge is -2.46. The van der Waals surface area contributed by atoms with E-state index in [1.54, 1.807) is 0 Å². The van der Waals surface area contributed by atoms with Gasteiger partial charge in [-0.05, 0) is 37.8 Å². The number of aryl methyl sites for hydroxylation is 1. The van der Waals surface area contributed by atoms with Crippen molar-refractivity contribution in [2.75, 3.05) is 12.3 Å². The van der Waals surface area contributed by atoms with Gasteiger partial charge in [-0.15, -0.1) is 0 Å². The maximum absolute atomic E-state index is 6.06. The van der Waals surface area contributed by atoms with E-state index in [0.29, 0.717) is 0 Å². The molecule has 1 saturated heterocycles. The number of benzene rings is 1. The zero-order valence-corrected chi connectivity index (χ0v) is 10.9. The van der Waals surface area contributed by atoms with Gasteiger partial charge >= 0.3 is 0 Å². The van der Waals surface area contributed by atoms with Gasteiger partial charge < -0.3 is 15.2 Å². The van der Waals surface area contributed by atoms with Crippen LogP contribution in [0, 0.1) is 6.92 Å². The molecule has 2 N–H and O–H groups in total. The van der Waals surface area contributed by atoms with Gasteiger partial charge in [0.2, 0.25) is 0 Å². The second-order valence-corrected chi connectivity index (χ2v) is 5.64. The molecule has 3 rings (SSSR count). The van der Waals surface area contributed by atoms with E-state index in [-0.39, 0.29) is 11.7 Å². The number of ether oxygens (including phenoxy) is 2. The number of rotatable bonds is 2. The number of nitrogens with two attached hydrogens (primary N) is 1. The highest BCUT2D eigenvalue weighted by Crippen LogP contribution is 2.43. The predicted octanol–water partition coefficient (Wildman–Crippen LogP) is 3.06. The molecule has 98 valence electrons. The van der Waals surface area contributed by atoms with Crippen molar-refractivity contribution in [2.24, 2.45) is 0 Å². The van der Waals surface area contributed by atoms with Crippen LogP contribution in [0.1, 0.15) is 37.7 Å². The molecular formula is C15H21NO2. The van der Waals surface area contributed by atoms with E-state index in [1.807, 2.05) is 25.1 Å². The fourth-order valence-electron chi connectivity index (χ4n) is 2.89. The van der Waals surface area contributed by atoms with Gasteiger partial charge in [-0.25, -0.2) is 0 Å². The van der Waals surface area contributed by atoms with E-state index in [0.717, 1.165) is 36.4 Å². The molecule has 0 amide bonds. The zero-order chi connectivity index (χ0) is 12.6. The van der Waals surface area contributed by atoms with Crippen LogP contribution in [0.3, 0.4) is 0 Å². The van der Waals surface area contributed by atoms with Crippen LogP contribution in [0.25, 0.3) is 0 Å². The van der Waals surface area contributed by atoms with Crippen molar-refractivity contribution in [3.05, 3.63) is 23.8 Å². The van der Waals surface area contributed by atoms with Crippen LogP contribution in [0.2, 0.25) is 0 Å². The third kappa shape index (κ3) is 2.19. The summed E-state index contributed by atoms with van der Waals surface area (Å²) in [6.45, 7) is 2.84. The molecule has 18 heavy (non-hydrogen) atoms. The van der Waals surface area contributed by atoms with Gasteiger partial charge in [0, 0.05) is 24.6 Å². The summed E-state index contributed by atoms with van der Waals surface area (Å²) in [5.41, 5.74) is 7.96. The summed E-state index contributed by atoms with van der Waals surface area (Å²) in [5.74, 6) is 0.888. The first-order chi connectivity index (χ1) is 8.67. The molecule has 2 fully saturated rings. The van der Waals surface area contributed by atoms with Crippen LogP contribution in [-0.2, 0) is 4.74 Å². The van der Waals surface area contributed by atoms with Gasteiger partial charge in [0.05, 0.1) is 12.2 Å². The first-order valence-corrected chi connectivity index (χ1v) is 6.84. The van der Waals surface area contributed by atoms with Crippen molar-refractivity contribution in [3.63, 3.8) is 0 Å².